The molecule has 84 valence electrons. The van der Waals surface area contributed by atoms with E-state index in [1.165, 1.54) is 16.7 Å². The summed E-state index contributed by atoms with van der Waals surface area (Å²) < 4.78 is 0.687. The number of nitrogens with one attached hydrogen (secondary N) is 2. The fraction of sp³-hybridized carbons (Fsp3) is 0.308. The summed E-state index contributed by atoms with van der Waals surface area (Å²) in [5, 5.41) is 0. The number of hydrogen-bond acceptors (Lipinski definition) is 1. The van der Waals surface area contributed by atoms with Crippen molar-refractivity contribution in [2.75, 3.05) is 0 Å². The molecule has 2 rings (SSSR count). The van der Waals surface area contributed by atoms with Gasteiger partial charge in [-0.15, -0.1) is 0 Å². The second-order valence-electron chi connectivity index (χ2n) is 4.21. The molecule has 1 aromatic heterocycles. The van der Waals surface area contributed by atoms with Crippen LogP contribution >= 0.6 is 12.2 Å². The summed E-state index contributed by atoms with van der Waals surface area (Å²) in [7, 11) is 0. The number of aryl methyl sites for hydroxylation is 1. The van der Waals surface area contributed by atoms with Gasteiger partial charge >= 0.3 is 0 Å². The van der Waals surface area contributed by atoms with E-state index in [1.807, 2.05) is 6.20 Å². The summed E-state index contributed by atoms with van der Waals surface area (Å²) in [6, 6.07) is 6.43. The summed E-state index contributed by atoms with van der Waals surface area (Å²) >= 11 is 5.05. The van der Waals surface area contributed by atoms with Gasteiger partial charge in [0.15, 0.2) is 4.77 Å². The van der Waals surface area contributed by atoms with E-state index >= 15 is 0 Å². The van der Waals surface area contributed by atoms with Gasteiger partial charge in [0.25, 0.3) is 0 Å². The lowest BCUT2D eigenvalue weighted by Gasteiger charge is -2.14. The standard InChI is InChI=1S/C13H16N2S/c1-8-5-4-6-11(9(8)2)10(3)12-7-14-13(16)15-12/h4-7,10H,1-3H3,(H2,14,15,16). The van der Waals surface area contributed by atoms with Crippen LogP contribution in [0, 0.1) is 18.6 Å². The van der Waals surface area contributed by atoms with Crippen molar-refractivity contribution >= 4 is 12.2 Å². The number of aromatic nitrogens is 2. The molecular formula is C13H16N2S. The summed E-state index contributed by atoms with van der Waals surface area (Å²) in [6.45, 7) is 6.50. The van der Waals surface area contributed by atoms with Crippen LogP contribution in [-0.2, 0) is 0 Å². The van der Waals surface area contributed by atoms with E-state index in [4.69, 9.17) is 12.2 Å². The maximum absolute atomic E-state index is 5.05. The number of rotatable bonds is 2. The fourth-order valence-corrected chi connectivity index (χ4v) is 2.17. The van der Waals surface area contributed by atoms with Crippen molar-refractivity contribution in [2.24, 2.45) is 0 Å². The van der Waals surface area contributed by atoms with Gasteiger partial charge in [-0.05, 0) is 42.8 Å². The lowest BCUT2D eigenvalue weighted by Crippen LogP contribution is -2.00. The SMILES string of the molecule is Cc1cccc(C(C)c2c[nH]c(=S)[nH]2)c1C. The Morgan fingerprint density at radius 3 is 2.62 bits per heavy atom. The molecule has 2 aromatic rings. The first-order valence-electron chi connectivity index (χ1n) is 5.43. The van der Waals surface area contributed by atoms with Crippen LogP contribution in [0.4, 0.5) is 0 Å². The van der Waals surface area contributed by atoms with Gasteiger partial charge < -0.3 is 9.97 Å². The third-order valence-electron chi connectivity index (χ3n) is 3.20. The van der Waals surface area contributed by atoms with Crippen molar-refractivity contribution in [1.29, 1.82) is 0 Å². The molecule has 0 aliphatic heterocycles. The molecule has 1 unspecified atom stereocenters. The van der Waals surface area contributed by atoms with Crippen LogP contribution in [0.5, 0.6) is 0 Å². The highest BCUT2D eigenvalue weighted by molar-refractivity contribution is 7.71. The molecule has 1 atom stereocenters. The summed E-state index contributed by atoms with van der Waals surface area (Å²) in [5.74, 6) is 0.341. The second kappa shape index (κ2) is 4.26. The topological polar surface area (TPSA) is 31.6 Å². The molecule has 0 fully saturated rings. The molecule has 16 heavy (non-hydrogen) atoms. The first kappa shape index (κ1) is 11.1. The smallest absolute Gasteiger partial charge is 0.174 e. The van der Waals surface area contributed by atoms with Crippen LogP contribution in [0.25, 0.3) is 0 Å². The quantitative estimate of drug-likeness (QED) is 0.757. The number of imidazole rings is 1. The number of hydrogen-bond donors (Lipinski definition) is 2. The minimum atomic E-state index is 0.341. The van der Waals surface area contributed by atoms with Crippen molar-refractivity contribution < 1.29 is 0 Å². The van der Waals surface area contributed by atoms with Gasteiger partial charge in [-0.1, -0.05) is 25.1 Å². The molecule has 1 aromatic carbocycles. The molecule has 0 spiro atoms. The molecule has 0 radical (unpaired) electrons. The van der Waals surface area contributed by atoms with Gasteiger partial charge in [0.2, 0.25) is 0 Å². The number of H-pyrrole nitrogens is 2. The summed E-state index contributed by atoms with van der Waals surface area (Å²) in [6.07, 6.45) is 1.95. The van der Waals surface area contributed by atoms with Gasteiger partial charge in [0.1, 0.15) is 0 Å². The van der Waals surface area contributed by atoms with Gasteiger partial charge in [-0.3, -0.25) is 0 Å². The second-order valence-corrected chi connectivity index (χ2v) is 4.62. The fourth-order valence-electron chi connectivity index (χ4n) is 1.99. The van der Waals surface area contributed by atoms with Crippen LogP contribution in [-0.4, -0.2) is 9.97 Å². The van der Waals surface area contributed by atoms with Crippen LogP contribution in [0.2, 0.25) is 0 Å². The average molecular weight is 232 g/mol. The Balaban J connectivity index is 2.45. The number of aromatic amines is 2. The first-order valence-corrected chi connectivity index (χ1v) is 5.84. The monoisotopic (exact) mass is 232 g/mol. The molecule has 0 aliphatic carbocycles. The average Bonchev–Trinajstić information content (AvgIpc) is 2.68. The maximum Gasteiger partial charge on any atom is 0.174 e. The van der Waals surface area contributed by atoms with E-state index < -0.39 is 0 Å². The molecule has 2 nitrogen and oxygen atoms in total. The van der Waals surface area contributed by atoms with E-state index in [-0.39, 0.29) is 0 Å². The van der Waals surface area contributed by atoms with Crippen molar-refractivity contribution in [1.82, 2.24) is 9.97 Å². The third-order valence-corrected chi connectivity index (χ3v) is 3.42. The van der Waals surface area contributed by atoms with Crippen molar-refractivity contribution in [3.05, 3.63) is 51.6 Å². The Morgan fingerprint density at radius 2 is 2.00 bits per heavy atom. The van der Waals surface area contributed by atoms with E-state index in [1.54, 1.807) is 0 Å². The van der Waals surface area contributed by atoms with E-state index in [0.717, 1.165) is 5.69 Å². The lowest BCUT2D eigenvalue weighted by molar-refractivity contribution is 0.869. The van der Waals surface area contributed by atoms with Crippen molar-refractivity contribution in [3.63, 3.8) is 0 Å². The van der Waals surface area contributed by atoms with Crippen molar-refractivity contribution in [2.45, 2.75) is 26.7 Å². The van der Waals surface area contributed by atoms with Crippen molar-refractivity contribution in [3.8, 4) is 0 Å². The van der Waals surface area contributed by atoms with Gasteiger partial charge in [-0.25, -0.2) is 0 Å². The Bertz CT molecular complexity index is 551. The molecule has 0 aliphatic rings. The highest BCUT2D eigenvalue weighted by Crippen LogP contribution is 2.26. The predicted molar refractivity (Wildman–Crippen MR) is 69.4 cm³/mol. The molecular weight excluding hydrogens is 216 g/mol. The Labute approximate surface area is 101 Å². The largest absolute Gasteiger partial charge is 0.337 e. The van der Waals surface area contributed by atoms with E-state index in [2.05, 4.69) is 48.9 Å². The third kappa shape index (κ3) is 1.95. The van der Waals surface area contributed by atoms with Crippen LogP contribution < -0.4 is 0 Å². The minimum Gasteiger partial charge on any atom is -0.337 e. The summed E-state index contributed by atoms with van der Waals surface area (Å²) in [4.78, 5) is 6.19. The Hall–Kier alpha value is -1.35. The molecule has 1 heterocycles. The maximum atomic E-state index is 5.05. The first-order chi connectivity index (χ1) is 7.59. The number of benzene rings is 1. The predicted octanol–water partition coefficient (Wildman–Crippen LogP) is 3.84. The van der Waals surface area contributed by atoms with Gasteiger partial charge in [0.05, 0.1) is 0 Å². The van der Waals surface area contributed by atoms with E-state index in [9.17, 15) is 0 Å². The zero-order valence-electron chi connectivity index (χ0n) is 9.79. The molecule has 0 bridgehead atoms. The lowest BCUT2D eigenvalue weighted by atomic mass is 9.92. The molecule has 0 saturated heterocycles. The zero-order chi connectivity index (χ0) is 11.7. The highest BCUT2D eigenvalue weighted by atomic mass is 32.1. The zero-order valence-corrected chi connectivity index (χ0v) is 10.6. The van der Waals surface area contributed by atoms with Crippen LogP contribution in [0.1, 0.15) is 35.2 Å². The van der Waals surface area contributed by atoms with Gasteiger partial charge in [-0.2, -0.15) is 0 Å². The van der Waals surface area contributed by atoms with Crippen LogP contribution in [0.15, 0.2) is 24.4 Å². The Morgan fingerprint density at radius 1 is 1.25 bits per heavy atom. The van der Waals surface area contributed by atoms with Crippen LogP contribution in [0.3, 0.4) is 0 Å². The molecule has 2 N–H and O–H groups in total. The normalized spacial score (nSPS) is 12.7. The molecule has 0 amide bonds. The highest BCUT2D eigenvalue weighted by Gasteiger charge is 2.12. The summed E-state index contributed by atoms with van der Waals surface area (Å²) in [5.41, 5.74) is 5.18. The molecule has 0 saturated carbocycles. The molecule has 3 heteroatoms. The van der Waals surface area contributed by atoms with E-state index in [0.29, 0.717) is 10.7 Å². The Kier molecular flexibility index (Phi) is 2.97. The minimum absolute atomic E-state index is 0.341. The van der Waals surface area contributed by atoms with Gasteiger partial charge in [0, 0.05) is 17.8 Å².